The van der Waals surface area contributed by atoms with Crippen LogP contribution in [0.4, 0.5) is 0 Å². The molecule has 1 fully saturated rings. The van der Waals surface area contributed by atoms with Gasteiger partial charge in [-0.25, -0.2) is 0 Å². The third-order valence-electron chi connectivity index (χ3n) is 2.97. The number of nitrogens with two attached hydrogens (primary N) is 1. The van der Waals surface area contributed by atoms with Crippen LogP contribution in [0, 0.1) is 6.92 Å². The van der Waals surface area contributed by atoms with Gasteiger partial charge in [0.1, 0.15) is 0 Å². The van der Waals surface area contributed by atoms with Crippen LogP contribution in [0.3, 0.4) is 0 Å². The van der Waals surface area contributed by atoms with Crippen LogP contribution in [0.25, 0.3) is 0 Å². The van der Waals surface area contributed by atoms with Crippen LogP contribution in [0.2, 0.25) is 0 Å². The van der Waals surface area contributed by atoms with E-state index in [1.165, 1.54) is 5.56 Å². The van der Waals surface area contributed by atoms with Gasteiger partial charge in [-0.15, -0.1) is 0 Å². The van der Waals surface area contributed by atoms with Gasteiger partial charge in [0.15, 0.2) is 0 Å². The maximum absolute atomic E-state index is 6.07. The Hall–Kier alpha value is -0.930. The molecule has 0 saturated carbocycles. The highest BCUT2D eigenvalue weighted by atomic mass is 15.2. The maximum atomic E-state index is 6.07. The summed E-state index contributed by atoms with van der Waals surface area (Å²) in [6, 6.07) is 4.79. The van der Waals surface area contributed by atoms with Gasteiger partial charge < -0.3 is 5.73 Å². The Morgan fingerprint density at radius 2 is 2.29 bits per heavy atom. The Balaban J connectivity index is 2.25. The van der Waals surface area contributed by atoms with E-state index in [2.05, 4.69) is 23.0 Å². The minimum Gasteiger partial charge on any atom is -0.326 e. The van der Waals surface area contributed by atoms with Crippen molar-refractivity contribution in [2.45, 2.75) is 25.4 Å². The summed E-state index contributed by atoms with van der Waals surface area (Å²) in [7, 11) is 2.12. The van der Waals surface area contributed by atoms with Gasteiger partial charge in [-0.3, -0.25) is 9.88 Å². The van der Waals surface area contributed by atoms with E-state index >= 15 is 0 Å². The molecule has 2 heterocycles. The first-order valence-electron chi connectivity index (χ1n) is 5.07. The van der Waals surface area contributed by atoms with Crippen LogP contribution in [0.5, 0.6) is 0 Å². The molecule has 2 N–H and O–H groups in total. The molecule has 1 aliphatic rings. The quantitative estimate of drug-likeness (QED) is 0.722. The van der Waals surface area contributed by atoms with Crippen molar-refractivity contribution in [1.82, 2.24) is 9.88 Å². The number of likely N-dealkylation sites (N-methyl/N-ethyl adjacent to an activating group) is 1. The van der Waals surface area contributed by atoms with Crippen LogP contribution in [-0.2, 0) is 0 Å². The predicted molar refractivity (Wildman–Crippen MR) is 56.9 cm³/mol. The van der Waals surface area contributed by atoms with Crippen molar-refractivity contribution in [2.75, 3.05) is 13.6 Å². The van der Waals surface area contributed by atoms with Crippen LogP contribution in [0.15, 0.2) is 18.3 Å². The van der Waals surface area contributed by atoms with E-state index in [0.29, 0.717) is 6.04 Å². The van der Waals surface area contributed by atoms with E-state index in [4.69, 9.17) is 5.73 Å². The van der Waals surface area contributed by atoms with Crippen molar-refractivity contribution in [3.8, 4) is 0 Å². The number of hydrogen-bond acceptors (Lipinski definition) is 3. The highest BCUT2D eigenvalue weighted by molar-refractivity contribution is 5.20. The molecule has 0 radical (unpaired) electrons. The smallest absolute Gasteiger partial charge is 0.0512 e. The van der Waals surface area contributed by atoms with Gasteiger partial charge in [0, 0.05) is 24.5 Å². The Morgan fingerprint density at radius 3 is 2.79 bits per heavy atom. The highest BCUT2D eigenvalue weighted by Gasteiger charge is 2.30. The molecule has 2 rings (SSSR count). The Bertz CT molecular complexity index is 297. The van der Waals surface area contributed by atoms with E-state index in [1.807, 2.05) is 19.2 Å². The molecule has 0 spiro atoms. The lowest BCUT2D eigenvalue weighted by molar-refractivity contribution is 0.303. The van der Waals surface area contributed by atoms with E-state index in [9.17, 15) is 0 Å². The fraction of sp³-hybridized carbons (Fsp3) is 0.545. The van der Waals surface area contributed by atoms with Gasteiger partial charge in [0.05, 0.1) is 6.04 Å². The summed E-state index contributed by atoms with van der Waals surface area (Å²) >= 11 is 0. The minimum absolute atomic E-state index is 0.254. The molecule has 1 aromatic rings. The van der Waals surface area contributed by atoms with Crippen molar-refractivity contribution >= 4 is 0 Å². The Labute approximate surface area is 84.9 Å². The van der Waals surface area contributed by atoms with Crippen molar-refractivity contribution in [2.24, 2.45) is 5.73 Å². The highest BCUT2D eigenvalue weighted by Crippen LogP contribution is 2.28. The Kier molecular flexibility index (Phi) is 2.52. The average molecular weight is 191 g/mol. The number of aryl methyl sites for hydroxylation is 1. The lowest BCUT2D eigenvalue weighted by Crippen LogP contribution is -2.29. The zero-order valence-corrected chi connectivity index (χ0v) is 8.77. The molecular formula is C11H17N3. The van der Waals surface area contributed by atoms with Crippen molar-refractivity contribution in [3.05, 3.63) is 29.6 Å². The normalized spacial score (nSPS) is 28.2. The SMILES string of the molecule is Cc1ccc(C2C(N)CCN2C)cn1. The number of likely N-dealkylation sites (tertiary alicyclic amines) is 1. The van der Waals surface area contributed by atoms with Gasteiger partial charge in [-0.05, 0) is 32.0 Å². The summed E-state index contributed by atoms with van der Waals surface area (Å²) < 4.78 is 0. The molecule has 0 aliphatic carbocycles. The van der Waals surface area contributed by atoms with Crippen molar-refractivity contribution < 1.29 is 0 Å². The largest absolute Gasteiger partial charge is 0.326 e. The first-order chi connectivity index (χ1) is 6.68. The topological polar surface area (TPSA) is 42.1 Å². The molecule has 1 saturated heterocycles. The monoisotopic (exact) mass is 191 g/mol. The molecule has 0 aromatic carbocycles. The second-order valence-corrected chi connectivity index (χ2v) is 4.11. The molecule has 1 aliphatic heterocycles. The summed E-state index contributed by atoms with van der Waals surface area (Å²) in [5.41, 5.74) is 8.37. The van der Waals surface area contributed by atoms with Gasteiger partial charge >= 0.3 is 0 Å². The number of rotatable bonds is 1. The summed E-state index contributed by atoms with van der Waals surface area (Å²) in [5, 5.41) is 0. The van der Waals surface area contributed by atoms with E-state index < -0.39 is 0 Å². The van der Waals surface area contributed by atoms with Crippen LogP contribution in [0.1, 0.15) is 23.7 Å². The molecule has 0 amide bonds. The Morgan fingerprint density at radius 1 is 1.50 bits per heavy atom. The molecule has 0 bridgehead atoms. The summed E-state index contributed by atoms with van der Waals surface area (Å²) in [5.74, 6) is 0. The summed E-state index contributed by atoms with van der Waals surface area (Å²) in [6.07, 6.45) is 3.02. The summed E-state index contributed by atoms with van der Waals surface area (Å²) in [4.78, 5) is 6.61. The lowest BCUT2D eigenvalue weighted by Gasteiger charge is -2.22. The predicted octanol–water partition coefficient (Wildman–Crippen LogP) is 1.09. The second kappa shape index (κ2) is 3.67. The minimum atomic E-state index is 0.254. The van der Waals surface area contributed by atoms with Gasteiger partial charge in [-0.1, -0.05) is 6.07 Å². The number of hydrogen-bond donors (Lipinski definition) is 1. The first-order valence-corrected chi connectivity index (χ1v) is 5.07. The van der Waals surface area contributed by atoms with Crippen molar-refractivity contribution in [3.63, 3.8) is 0 Å². The number of nitrogens with zero attached hydrogens (tertiary/aromatic N) is 2. The van der Waals surface area contributed by atoms with E-state index in [-0.39, 0.29) is 6.04 Å². The third-order valence-corrected chi connectivity index (χ3v) is 2.97. The van der Waals surface area contributed by atoms with Crippen LogP contribution in [-0.4, -0.2) is 29.5 Å². The molecule has 3 heteroatoms. The lowest BCUT2D eigenvalue weighted by atomic mass is 10.0. The number of aromatic nitrogens is 1. The molecule has 14 heavy (non-hydrogen) atoms. The van der Waals surface area contributed by atoms with E-state index in [1.54, 1.807) is 0 Å². The van der Waals surface area contributed by atoms with Gasteiger partial charge in [0.25, 0.3) is 0 Å². The number of pyridine rings is 1. The van der Waals surface area contributed by atoms with Crippen LogP contribution < -0.4 is 5.73 Å². The third kappa shape index (κ3) is 1.65. The zero-order valence-electron chi connectivity index (χ0n) is 8.77. The van der Waals surface area contributed by atoms with Crippen molar-refractivity contribution in [1.29, 1.82) is 0 Å². The fourth-order valence-corrected chi connectivity index (χ4v) is 2.13. The molecule has 76 valence electrons. The maximum Gasteiger partial charge on any atom is 0.0512 e. The molecule has 2 unspecified atom stereocenters. The standard InChI is InChI=1S/C11H17N3/c1-8-3-4-9(7-13-8)11-10(12)5-6-14(11)2/h3-4,7,10-11H,5-6,12H2,1-2H3. The van der Waals surface area contributed by atoms with Crippen LogP contribution >= 0.6 is 0 Å². The molecule has 1 aromatic heterocycles. The van der Waals surface area contributed by atoms with E-state index in [0.717, 1.165) is 18.7 Å². The van der Waals surface area contributed by atoms with Gasteiger partial charge in [0.2, 0.25) is 0 Å². The van der Waals surface area contributed by atoms with Gasteiger partial charge in [-0.2, -0.15) is 0 Å². The molecule has 2 atom stereocenters. The molecule has 3 nitrogen and oxygen atoms in total. The molecular weight excluding hydrogens is 174 g/mol. The first kappa shape index (κ1) is 9.62. The zero-order chi connectivity index (χ0) is 10.1. The summed E-state index contributed by atoms with van der Waals surface area (Å²) in [6.45, 7) is 3.09. The average Bonchev–Trinajstić information content (AvgIpc) is 2.49. The second-order valence-electron chi connectivity index (χ2n) is 4.11. The fourth-order valence-electron chi connectivity index (χ4n) is 2.13.